The molecule has 2 heterocycles. The van der Waals surface area contributed by atoms with Crippen molar-refractivity contribution in [3.63, 3.8) is 0 Å². The molecule has 3 unspecified atom stereocenters. The molecule has 1 fully saturated rings. The van der Waals surface area contributed by atoms with E-state index in [4.69, 9.17) is 4.74 Å². The second-order valence-corrected chi connectivity index (χ2v) is 6.00. The van der Waals surface area contributed by atoms with E-state index in [2.05, 4.69) is 29.7 Å². The van der Waals surface area contributed by atoms with E-state index in [-0.39, 0.29) is 18.2 Å². The third kappa shape index (κ3) is 2.63. The van der Waals surface area contributed by atoms with Crippen LogP contribution < -0.4 is 10.6 Å². The number of fused-ring (bicyclic) bond motifs is 1. The Bertz CT molecular complexity index is 546. The lowest BCUT2D eigenvalue weighted by Crippen LogP contribution is -2.36. The molecule has 21 heavy (non-hydrogen) atoms. The SMILES string of the molecule is CNC(c1ccc2c(c1)CN(C)C(=O)N2)C1CCOC1C. The normalized spacial score (nSPS) is 26.4. The Hall–Kier alpha value is -1.59. The van der Waals surface area contributed by atoms with Gasteiger partial charge in [-0.3, -0.25) is 0 Å². The van der Waals surface area contributed by atoms with Gasteiger partial charge < -0.3 is 20.3 Å². The van der Waals surface area contributed by atoms with Gasteiger partial charge in [-0.25, -0.2) is 4.79 Å². The van der Waals surface area contributed by atoms with Crippen LogP contribution in [0.4, 0.5) is 10.5 Å². The third-order valence-electron chi connectivity index (χ3n) is 4.66. The van der Waals surface area contributed by atoms with Crippen molar-refractivity contribution < 1.29 is 9.53 Å². The van der Waals surface area contributed by atoms with Gasteiger partial charge in [-0.15, -0.1) is 0 Å². The summed E-state index contributed by atoms with van der Waals surface area (Å²) in [5, 5.41) is 6.35. The number of carbonyl (C=O) groups excluding carboxylic acids is 1. The molecule has 0 bridgehead atoms. The van der Waals surface area contributed by atoms with Crippen LogP contribution in [0.3, 0.4) is 0 Å². The quantitative estimate of drug-likeness (QED) is 0.898. The number of nitrogens with one attached hydrogen (secondary N) is 2. The van der Waals surface area contributed by atoms with E-state index in [1.54, 1.807) is 4.90 Å². The van der Waals surface area contributed by atoms with Crippen molar-refractivity contribution in [1.29, 1.82) is 0 Å². The molecular formula is C16H23N3O2. The maximum absolute atomic E-state index is 11.7. The molecular weight excluding hydrogens is 266 g/mol. The van der Waals surface area contributed by atoms with Gasteiger partial charge in [0.2, 0.25) is 0 Å². The maximum Gasteiger partial charge on any atom is 0.321 e. The number of hydrogen-bond donors (Lipinski definition) is 2. The van der Waals surface area contributed by atoms with Crippen molar-refractivity contribution in [3.8, 4) is 0 Å². The van der Waals surface area contributed by atoms with E-state index >= 15 is 0 Å². The Balaban J connectivity index is 1.88. The van der Waals surface area contributed by atoms with Gasteiger partial charge >= 0.3 is 6.03 Å². The smallest absolute Gasteiger partial charge is 0.321 e. The van der Waals surface area contributed by atoms with Crippen LogP contribution in [0.15, 0.2) is 18.2 Å². The fraction of sp³-hybridized carbons (Fsp3) is 0.562. The fourth-order valence-corrected chi connectivity index (χ4v) is 3.41. The molecule has 0 aromatic heterocycles. The zero-order chi connectivity index (χ0) is 15.0. The highest BCUT2D eigenvalue weighted by molar-refractivity contribution is 5.92. The number of hydrogen-bond acceptors (Lipinski definition) is 3. The van der Waals surface area contributed by atoms with Crippen LogP contribution in [0.1, 0.15) is 30.5 Å². The first-order valence-corrected chi connectivity index (χ1v) is 7.54. The van der Waals surface area contributed by atoms with Crippen LogP contribution in [-0.2, 0) is 11.3 Å². The van der Waals surface area contributed by atoms with Crippen molar-refractivity contribution in [2.45, 2.75) is 32.0 Å². The molecule has 1 saturated heterocycles. The highest BCUT2D eigenvalue weighted by atomic mass is 16.5. The van der Waals surface area contributed by atoms with Crippen LogP contribution in [0.25, 0.3) is 0 Å². The van der Waals surface area contributed by atoms with Crippen LogP contribution >= 0.6 is 0 Å². The van der Waals surface area contributed by atoms with Crippen molar-refractivity contribution in [2.75, 3.05) is 26.0 Å². The Morgan fingerprint density at radius 3 is 2.95 bits per heavy atom. The highest BCUT2D eigenvalue weighted by Gasteiger charge is 2.32. The molecule has 2 N–H and O–H groups in total. The summed E-state index contributed by atoms with van der Waals surface area (Å²) in [4.78, 5) is 13.4. The maximum atomic E-state index is 11.7. The predicted octanol–water partition coefficient (Wildman–Crippen LogP) is 2.35. The first-order valence-electron chi connectivity index (χ1n) is 7.54. The summed E-state index contributed by atoms with van der Waals surface area (Å²) >= 11 is 0. The lowest BCUT2D eigenvalue weighted by atomic mass is 9.87. The summed E-state index contributed by atoms with van der Waals surface area (Å²) in [6.07, 6.45) is 1.36. The summed E-state index contributed by atoms with van der Waals surface area (Å²) in [7, 11) is 3.82. The topological polar surface area (TPSA) is 53.6 Å². The zero-order valence-corrected chi connectivity index (χ0v) is 12.8. The summed E-state index contributed by atoms with van der Waals surface area (Å²) in [5.41, 5.74) is 3.36. The number of urea groups is 1. The number of ether oxygens (including phenoxy) is 1. The van der Waals surface area contributed by atoms with E-state index < -0.39 is 0 Å². The Labute approximate surface area is 125 Å². The standard InChI is InChI=1S/C16H23N3O2/c1-10-13(6-7-21-10)15(17-2)11-4-5-14-12(8-11)9-19(3)16(20)18-14/h4-5,8,10,13,15,17H,6-7,9H2,1-3H3,(H,18,20). The summed E-state index contributed by atoms with van der Waals surface area (Å²) in [6, 6.07) is 6.57. The van der Waals surface area contributed by atoms with Gasteiger partial charge in [-0.2, -0.15) is 0 Å². The molecule has 114 valence electrons. The van der Waals surface area contributed by atoms with E-state index in [9.17, 15) is 4.79 Å². The molecule has 0 radical (unpaired) electrons. The minimum atomic E-state index is -0.0433. The van der Waals surface area contributed by atoms with Gasteiger partial charge in [-0.05, 0) is 37.6 Å². The van der Waals surface area contributed by atoms with Gasteiger partial charge in [-0.1, -0.05) is 12.1 Å². The minimum absolute atomic E-state index is 0.0433. The Morgan fingerprint density at radius 2 is 2.29 bits per heavy atom. The van der Waals surface area contributed by atoms with Crippen LogP contribution in [0, 0.1) is 5.92 Å². The second-order valence-electron chi connectivity index (χ2n) is 6.00. The Kier molecular flexibility index (Phi) is 3.87. The highest BCUT2D eigenvalue weighted by Crippen LogP contribution is 2.35. The summed E-state index contributed by atoms with van der Waals surface area (Å²) < 4.78 is 5.71. The number of carbonyl (C=O) groups is 1. The molecule has 5 nitrogen and oxygen atoms in total. The van der Waals surface area contributed by atoms with Crippen molar-refractivity contribution in [1.82, 2.24) is 10.2 Å². The zero-order valence-electron chi connectivity index (χ0n) is 12.8. The third-order valence-corrected chi connectivity index (χ3v) is 4.66. The molecule has 2 aliphatic heterocycles. The molecule has 1 aromatic rings. The molecule has 0 saturated carbocycles. The van der Waals surface area contributed by atoms with E-state index in [1.165, 1.54) is 11.1 Å². The molecule has 2 amide bonds. The number of rotatable bonds is 3. The monoisotopic (exact) mass is 289 g/mol. The molecule has 3 rings (SSSR count). The van der Waals surface area contributed by atoms with Gasteiger partial charge in [0.05, 0.1) is 6.10 Å². The number of anilines is 1. The van der Waals surface area contributed by atoms with E-state index in [1.807, 2.05) is 20.2 Å². The number of nitrogens with zero attached hydrogens (tertiary/aromatic N) is 1. The average molecular weight is 289 g/mol. The second kappa shape index (κ2) is 5.66. The molecule has 2 aliphatic rings. The van der Waals surface area contributed by atoms with Gasteiger partial charge in [0.1, 0.15) is 0 Å². The van der Waals surface area contributed by atoms with Gasteiger partial charge in [0.15, 0.2) is 0 Å². The molecule has 5 heteroatoms. The van der Waals surface area contributed by atoms with Crippen molar-refractivity contribution in [2.24, 2.45) is 5.92 Å². The van der Waals surface area contributed by atoms with E-state index in [0.29, 0.717) is 12.5 Å². The van der Waals surface area contributed by atoms with Crippen LogP contribution in [0.2, 0.25) is 0 Å². The van der Waals surface area contributed by atoms with Gasteiger partial charge in [0, 0.05) is 37.8 Å². The Morgan fingerprint density at radius 1 is 1.48 bits per heavy atom. The first kappa shape index (κ1) is 14.4. The number of amides is 2. The van der Waals surface area contributed by atoms with Crippen molar-refractivity contribution >= 4 is 11.7 Å². The number of benzene rings is 1. The molecule has 1 aromatic carbocycles. The minimum Gasteiger partial charge on any atom is -0.378 e. The van der Waals surface area contributed by atoms with Crippen LogP contribution in [-0.4, -0.2) is 37.7 Å². The van der Waals surface area contributed by atoms with Crippen molar-refractivity contribution in [3.05, 3.63) is 29.3 Å². The lowest BCUT2D eigenvalue weighted by Gasteiger charge is -2.29. The van der Waals surface area contributed by atoms with Crippen LogP contribution in [0.5, 0.6) is 0 Å². The lowest BCUT2D eigenvalue weighted by molar-refractivity contribution is 0.0963. The molecule has 3 atom stereocenters. The average Bonchev–Trinajstić information content (AvgIpc) is 2.88. The molecule has 0 spiro atoms. The van der Waals surface area contributed by atoms with E-state index in [0.717, 1.165) is 18.7 Å². The largest absolute Gasteiger partial charge is 0.378 e. The fourth-order valence-electron chi connectivity index (χ4n) is 3.41. The van der Waals surface area contributed by atoms with Gasteiger partial charge in [0.25, 0.3) is 0 Å². The summed E-state index contributed by atoms with van der Waals surface area (Å²) in [5.74, 6) is 0.490. The molecule has 0 aliphatic carbocycles. The first-order chi connectivity index (χ1) is 10.1. The predicted molar refractivity (Wildman–Crippen MR) is 82.2 cm³/mol. The summed E-state index contributed by atoms with van der Waals surface area (Å²) in [6.45, 7) is 3.64.